The van der Waals surface area contributed by atoms with E-state index in [4.69, 9.17) is 4.42 Å². The third kappa shape index (κ3) is 3.32. The van der Waals surface area contributed by atoms with Gasteiger partial charge in [-0.1, -0.05) is 30.3 Å². The number of benzene rings is 2. The molecular weight excluding hydrogens is 365 g/mol. The van der Waals surface area contributed by atoms with Gasteiger partial charge in [-0.05, 0) is 24.3 Å². The topological polar surface area (TPSA) is 82.9 Å². The van der Waals surface area contributed by atoms with Crippen molar-refractivity contribution in [2.24, 2.45) is 0 Å². The first-order valence-electron chi connectivity index (χ1n) is 8.66. The van der Waals surface area contributed by atoms with E-state index in [1.54, 1.807) is 36.4 Å². The number of rotatable bonds is 4. The van der Waals surface area contributed by atoms with Crippen LogP contribution in [0.15, 0.2) is 63.8 Å². The summed E-state index contributed by atoms with van der Waals surface area (Å²) in [5, 5.41) is 3.15. The van der Waals surface area contributed by atoms with E-state index in [-0.39, 0.29) is 31.0 Å². The lowest BCUT2D eigenvalue weighted by Gasteiger charge is -2.18. The highest BCUT2D eigenvalue weighted by Crippen LogP contribution is 2.23. The number of fused-ring (bicyclic) bond motifs is 1. The van der Waals surface area contributed by atoms with E-state index in [1.807, 2.05) is 0 Å². The first-order chi connectivity index (χ1) is 13.5. The Morgan fingerprint density at radius 2 is 1.82 bits per heavy atom. The maximum atomic E-state index is 13.9. The molecule has 0 bridgehead atoms. The minimum absolute atomic E-state index is 0.00121. The summed E-state index contributed by atoms with van der Waals surface area (Å²) in [5.74, 6) is -1.04. The Hall–Kier alpha value is -3.68. The predicted octanol–water partition coefficient (Wildman–Crippen LogP) is 2.81. The molecule has 7 nitrogen and oxygen atoms in total. The summed E-state index contributed by atoms with van der Waals surface area (Å²) >= 11 is 0. The molecule has 1 aliphatic heterocycles. The molecule has 0 unspecified atom stereocenters. The molecule has 0 aliphatic carbocycles. The van der Waals surface area contributed by atoms with Crippen LogP contribution >= 0.6 is 0 Å². The van der Waals surface area contributed by atoms with Crippen molar-refractivity contribution in [2.75, 3.05) is 29.9 Å². The fourth-order valence-corrected chi connectivity index (χ4v) is 3.14. The summed E-state index contributed by atoms with van der Waals surface area (Å²) in [5.41, 5.74) is -0.0829. The highest BCUT2D eigenvalue weighted by atomic mass is 19.1. The van der Waals surface area contributed by atoms with Crippen LogP contribution in [-0.4, -0.2) is 36.5 Å². The zero-order valence-electron chi connectivity index (χ0n) is 14.7. The third-order valence-corrected chi connectivity index (χ3v) is 4.49. The molecule has 142 valence electrons. The third-order valence-electron chi connectivity index (χ3n) is 4.49. The van der Waals surface area contributed by atoms with Gasteiger partial charge in [0.1, 0.15) is 23.6 Å². The lowest BCUT2D eigenvalue weighted by molar-refractivity contribution is -0.116. The summed E-state index contributed by atoms with van der Waals surface area (Å²) < 4.78 is 19.1. The Bertz CT molecular complexity index is 1130. The summed E-state index contributed by atoms with van der Waals surface area (Å²) in [4.78, 5) is 39.5. The number of nitrogens with zero attached hydrogens (tertiary/aromatic N) is 2. The molecule has 1 N–H and O–H groups in total. The van der Waals surface area contributed by atoms with Gasteiger partial charge in [0.25, 0.3) is 0 Å². The number of nitrogens with one attached hydrogen (secondary N) is 1. The SMILES string of the molecule is O=C(CN1CCN(c2ccccc2F)C1=O)Nc1cc2ccccc2oc1=O. The minimum atomic E-state index is -0.673. The maximum Gasteiger partial charge on any atom is 0.360 e. The van der Waals surface area contributed by atoms with Gasteiger partial charge in [-0.2, -0.15) is 0 Å². The summed E-state index contributed by atoms with van der Waals surface area (Å²) in [6.45, 7) is 0.286. The largest absolute Gasteiger partial charge is 0.421 e. The standard InChI is InChI=1S/C20H16FN3O4/c21-14-6-2-3-7-16(14)24-10-9-23(20(24)27)12-18(25)22-15-11-13-5-1-4-8-17(13)28-19(15)26/h1-8,11H,9-10,12H2,(H,22,25). The molecule has 28 heavy (non-hydrogen) atoms. The van der Waals surface area contributed by atoms with Crippen LogP contribution in [-0.2, 0) is 4.79 Å². The Kier molecular flexibility index (Phi) is 4.52. The second-order valence-corrected chi connectivity index (χ2v) is 6.34. The number of halogens is 1. The molecule has 0 spiro atoms. The number of hydrogen-bond acceptors (Lipinski definition) is 4. The molecule has 1 saturated heterocycles. The quantitative estimate of drug-likeness (QED) is 0.705. The van der Waals surface area contributed by atoms with Crippen LogP contribution in [0.2, 0.25) is 0 Å². The van der Waals surface area contributed by atoms with Crippen LogP contribution in [0.4, 0.5) is 20.6 Å². The number of para-hydroxylation sites is 2. The van der Waals surface area contributed by atoms with Crippen LogP contribution in [0.5, 0.6) is 0 Å². The molecule has 2 heterocycles. The van der Waals surface area contributed by atoms with Crippen molar-refractivity contribution in [1.82, 2.24) is 4.90 Å². The number of urea groups is 1. The second kappa shape index (κ2) is 7.15. The van der Waals surface area contributed by atoms with Crippen molar-refractivity contribution >= 4 is 34.3 Å². The van der Waals surface area contributed by atoms with E-state index in [1.165, 1.54) is 28.0 Å². The first kappa shape index (κ1) is 17.7. The van der Waals surface area contributed by atoms with Crippen molar-refractivity contribution < 1.29 is 18.4 Å². The van der Waals surface area contributed by atoms with Crippen molar-refractivity contribution in [3.05, 3.63) is 70.8 Å². The van der Waals surface area contributed by atoms with Gasteiger partial charge in [0.15, 0.2) is 0 Å². The van der Waals surface area contributed by atoms with Crippen molar-refractivity contribution in [1.29, 1.82) is 0 Å². The van der Waals surface area contributed by atoms with Crippen molar-refractivity contribution in [3.8, 4) is 0 Å². The van der Waals surface area contributed by atoms with Gasteiger partial charge in [-0.15, -0.1) is 0 Å². The highest BCUT2D eigenvalue weighted by Gasteiger charge is 2.32. The monoisotopic (exact) mass is 381 g/mol. The fourth-order valence-electron chi connectivity index (χ4n) is 3.14. The van der Waals surface area contributed by atoms with E-state index in [2.05, 4.69) is 5.32 Å². The Morgan fingerprint density at radius 3 is 2.64 bits per heavy atom. The molecule has 1 aliphatic rings. The first-order valence-corrected chi connectivity index (χ1v) is 8.66. The van der Waals surface area contributed by atoms with Crippen LogP contribution in [0.1, 0.15) is 0 Å². The van der Waals surface area contributed by atoms with Crippen LogP contribution in [0.3, 0.4) is 0 Å². The van der Waals surface area contributed by atoms with Gasteiger partial charge in [-0.3, -0.25) is 9.69 Å². The smallest absolute Gasteiger partial charge is 0.360 e. The molecule has 4 rings (SSSR count). The van der Waals surface area contributed by atoms with Crippen LogP contribution < -0.4 is 15.8 Å². The van der Waals surface area contributed by atoms with Gasteiger partial charge in [0.05, 0.1) is 5.69 Å². The van der Waals surface area contributed by atoms with Crippen molar-refractivity contribution in [2.45, 2.75) is 0 Å². The summed E-state index contributed by atoms with van der Waals surface area (Å²) in [6, 6.07) is 14.0. The van der Waals surface area contributed by atoms with Crippen LogP contribution in [0, 0.1) is 5.82 Å². The predicted molar refractivity (Wildman–Crippen MR) is 102 cm³/mol. The second-order valence-electron chi connectivity index (χ2n) is 6.34. The Labute approximate surface area is 159 Å². The van der Waals surface area contributed by atoms with E-state index in [9.17, 15) is 18.8 Å². The minimum Gasteiger partial charge on any atom is -0.421 e. The lowest BCUT2D eigenvalue weighted by atomic mass is 10.2. The molecule has 8 heteroatoms. The van der Waals surface area contributed by atoms with Gasteiger partial charge in [0, 0.05) is 18.5 Å². The normalized spacial score (nSPS) is 14.0. The average molecular weight is 381 g/mol. The zero-order chi connectivity index (χ0) is 19.7. The van der Waals surface area contributed by atoms with E-state index >= 15 is 0 Å². The number of hydrogen-bond donors (Lipinski definition) is 1. The van der Waals surface area contributed by atoms with Gasteiger partial charge in [-0.25, -0.2) is 14.0 Å². The molecule has 1 aromatic heterocycles. The molecular formula is C20H16FN3O4. The summed E-state index contributed by atoms with van der Waals surface area (Å²) in [6.07, 6.45) is 0. The molecule has 0 radical (unpaired) electrons. The number of amides is 3. The van der Waals surface area contributed by atoms with Crippen LogP contribution in [0.25, 0.3) is 11.0 Å². The molecule has 0 atom stereocenters. The molecule has 2 aromatic carbocycles. The van der Waals surface area contributed by atoms with E-state index < -0.39 is 23.4 Å². The molecule has 1 fully saturated rings. The Balaban J connectivity index is 1.46. The number of carbonyl (C=O) groups is 2. The number of anilines is 2. The fraction of sp³-hybridized carbons (Fsp3) is 0.150. The zero-order valence-corrected chi connectivity index (χ0v) is 14.7. The number of carbonyl (C=O) groups excluding carboxylic acids is 2. The summed E-state index contributed by atoms with van der Waals surface area (Å²) in [7, 11) is 0. The lowest BCUT2D eigenvalue weighted by Crippen LogP contribution is -2.38. The maximum absolute atomic E-state index is 13.9. The van der Waals surface area contributed by atoms with Crippen molar-refractivity contribution in [3.63, 3.8) is 0 Å². The molecule has 3 aromatic rings. The van der Waals surface area contributed by atoms with E-state index in [0.29, 0.717) is 11.0 Å². The molecule has 0 saturated carbocycles. The average Bonchev–Trinajstić information content (AvgIpc) is 3.03. The van der Waals surface area contributed by atoms with Gasteiger partial charge in [0.2, 0.25) is 5.91 Å². The molecule has 3 amide bonds. The van der Waals surface area contributed by atoms with Gasteiger partial charge < -0.3 is 14.6 Å². The van der Waals surface area contributed by atoms with E-state index in [0.717, 1.165) is 0 Å². The Morgan fingerprint density at radius 1 is 1.07 bits per heavy atom. The van der Waals surface area contributed by atoms with Gasteiger partial charge >= 0.3 is 11.7 Å². The highest BCUT2D eigenvalue weighted by molar-refractivity contribution is 5.99.